The van der Waals surface area contributed by atoms with Crippen molar-refractivity contribution < 1.29 is 14.6 Å². The van der Waals surface area contributed by atoms with E-state index in [9.17, 15) is 5.11 Å². The maximum Gasteiger partial charge on any atom is 0.187 e. The van der Waals surface area contributed by atoms with Crippen LogP contribution in [0.3, 0.4) is 0 Å². The lowest BCUT2D eigenvalue weighted by Gasteiger charge is -2.34. The van der Waals surface area contributed by atoms with Gasteiger partial charge in [0.25, 0.3) is 0 Å². The number of anilines is 3. The molecule has 2 N–H and O–H groups in total. The standard InChI is InChI=1S/C21H27N3O3S/c25-17-8-3-9-18-19(17)23-21(28-18)22-15-6-2-7-16(24-10-12-26-13-11-24)20(15)27-14-4-1-5-14/h2,6-7,14,17,25H,1,3-5,8-13H2,(H,22,23). The zero-order chi connectivity index (χ0) is 18.9. The van der Waals surface area contributed by atoms with Crippen LogP contribution in [0.15, 0.2) is 18.2 Å². The number of aryl methyl sites for hydroxylation is 1. The minimum absolute atomic E-state index is 0.300. The summed E-state index contributed by atoms with van der Waals surface area (Å²) in [5.41, 5.74) is 2.93. The normalized spacial score (nSPS) is 22.5. The molecule has 5 rings (SSSR count). The Morgan fingerprint density at radius 1 is 1.18 bits per heavy atom. The van der Waals surface area contributed by atoms with Crippen LogP contribution < -0.4 is 15.0 Å². The first-order valence-corrected chi connectivity index (χ1v) is 11.2. The zero-order valence-electron chi connectivity index (χ0n) is 16.0. The molecule has 2 heterocycles. The van der Waals surface area contributed by atoms with Crippen molar-refractivity contribution in [2.45, 2.75) is 50.7 Å². The molecule has 0 radical (unpaired) electrons. The lowest BCUT2D eigenvalue weighted by molar-refractivity contribution is 0.115. The predicted molar refractivity (Wildman–Crippen MR) is 111 cm³/mol. The summed E-state index contributed by atoms with van der Waals surface area (Å²) in [5, 5.41) is 14.6. The fourth-order valence-electron chi connectivity index (χ4n) is 4.02. The summed E-state index contributed by atoms with van der Waals surface area (Å²) in [6.07, 6.45) is 6.19. The third-order valence-corrected chi connectivity index (χ3v) is 6.90. The number of rotatable bonds is 5. The highest BCUT2D eigenvalue weighted by atomic mass is 32.1. The van der Waals surface area contributed by atoms with E-state index in [-0.39, 0.29) is 0 Å². The van der Waals surface area contributed by atoms with Gasteiger partial charge in [-0.3, -0.25) is 0 Å². The van der Waals surface area contributed by atoms with Gasteiger partial charge in [0, 0.05) is 18.0 Å². The molecule has 6 nitrogen and oxygen atoms in total. The molecule has 7 heteroatoms. The highest BCUT2D eigenvalue weighted by Gasteiger charge is 2.26. The Morgan fingerprint density at radius 3 is 2.79 bits per heavy atom. The van der Waals surface area contributed by atoms with E-state index in [1.165, 1.54) is 11.3 Å². The maximum atomic E-state index is 10.2. The van der Waals surface area contributed by atoms with Gasteiger partial charge in [-0.2, -0.15) is 0 Å². The number of fused-ring (bicyclic) bond motifs is 1. The van der Waals surface area contributed by atoms with Crippen molar-refractivity contribution in [3.63, 3.8) is 0 Å². The van der Waals surface area contributed by atoms with Gasteiger partial charge in [0.15, 0.2) is 10.9 Å². The van der Waals surface area contributed by atoms with E-state index in [4.69, 9.17) is 14.5 Å². The van der Waals surface area contributed by atoms with E-state index in [0.717, 1.165) is 86.4 Å². The Kier molecular flexibility index (Phi) is 5.13. The number of nitrogens with zero attached hydrogens (tertiary/aromatic N) is 2. The van der Waals surface area contributed by atoms with Crippen molar-refractivity contribution in [1.29, 1.82) is 0 Å². The van der Waals surface area contributed by atoms with Gasteiger partial charge in [0.1, 0.15) is 0 Å². The van der Waals surface area contributed by atoms with Gasteiger partial charge in [-0.1, -0.05) is 6.07 Å². The lowest BCUT2D eigenvalue weighted by atomic mass is 9.96. The molecule has 0 bridgehead atoms. The summed E-state index contributed by atoms with van der Waals surface area (Å²) in [6, 6.07) is 6.28. The van der Waals surface area contributed by atoms with E-state index < -0.39 is 6.10 Å². The number of ether oxygens (including phenoxy) is 2. The first-order chi connectivity index (χ1) is 13.8. The molecule has 1 aromatic heterocycles. The zero-order valence-corrected chi connectivity index (χ0v) is 16.8. The molecule has 2 aromatic rings. The van der Waals surface area contributed by atoms with Crippen LogP contribution in [-0.4, -0.2) is 42.5 Å². The average molecular weight is 402 g/mol. The molecule has 0 amide bonds. The van der Waals surface area contributed by atoms with Crippen LogP contribution >= 0.6 is 11.3 Å². The first-order valence-electron chi connectivity index (χ1n) is 10.3. The van der Waals surface area contributed by atoms with Gasteiger partial charge >= 0.3 is 0 Å². The van der Waals surface area contributed by atoms with Crippen molar-refractivity contribution in [3.8, 4) is 5.75 Å². The molecule has 3 aliphatic rings. The fraction of sp³-hybridized carbons (Fsp3) is 0.571. The Balaban J connectivity index is 1.46. The van der Waals surface area contributed by atoms with Crippen LogP contribution in [0.1, 0.15) is 48.8 Å². The van der Waals surface area contributed by atoms with Crippen molar-refractivity contribution in [2.24, 2.45) is 0 Å². The largest absolute Gasteiger partial charge is 0.486 e. The number of thiazole rings is 1. The summed E-state index contributed by atoms with van der Waals surface area (Å²) < 4.78 is 12.0. The van der Waals surface area contributed by atoms with Crippen molar-refractivity contribution >= 4 is 27.8 Å². The second-order valence-electron chi connectivity index (χ2n) is 7.78. The van der Waals surface area contributed by atoms with Crippen LogP contribution in [0.2, 0.25) is 0 Å². The van der Waals surface area contributed by atoms with Crippen LogP contribution in [0.25, 0.3) is 0 Å². The van der Waals surface area contributed by atoms with E-state index in [1.807, 2.05) is 0 Å². The van der Waals surface area contributed by atoms with Gasteiger partial charge in [-0.05, 0) is 50.7 Å². The Morgan fingerprint density at radius 2 is 2.04 bits per heavy atom. The number of nitrogens with one attached hydrogen (secondary N) is 1. The monoisotopic (exact) mass is 401 g/mol. The molecule has 2 fully saturated rings. The van der Waals surface area contributed by atoms with E-state index in [2.05, 4.69) is 28.4 Å². The molecular formula is C21H27N3O3S. The van der Waals surface area contributed by atoms with Gasteiger partial charge in [0.2, 0.25) is 0 Å². The SMILES string of the molecule is OC1CCCc2sc(Nc3cccc(N4CCOCC4)c3OC3CCC3)nc21. The number of morpholine rings is 1. The Bertz CT molecular complexity index is 830. The smallest absolute Gasteiger partial charge is 0.187 e. The predicted octanol–water partition coefficient (Wildman–Crippen LogP) is 4.02. The Hall–Kier alpha value is -1.83. The molecule has 0 spiro atoms. The Labute approximate surface area is 169 Å². The molecular weight excluding hydrogens is 374 g/mol. The molecule has 1 unspecified atom stereocenters. The maximum absolute atomic E-state index is 10.2. The molecule has 1 aliphatic heterocycles. The van der Waals surface area contributed by atoms with Crippen LogP contribution in [0.4, 0.5) is 16.5 Å². The van der Waals surface area contributed by atoms with Crippen LogP contribution in [0.5, 0.6) is 5.75 Å². The second kappa shape index (κ2) is 7.89. The first kappa shape index (κ1) is 18.2. The molecule has 1 saturated carbocycles. The quantitative estimate of drug-likeness (QED) is 0.789. The third-order valence-electron chi connectivity index (χ3n) is 5.85. The van der Waals surface area contributed by atoms with E-state index in [0.29, 0.717) is 6.10 Å². The van der Waals surface area contributed by atoms with E-state index in [1.54, 1.807) is 11.3 Å². The summed E-state index contributed by atoms with van der Waals surface area (Å²) in [6.45, 7) is 3.25. The number of para-hydroxylation sites is 1. The highest BCUT2D eigenvalue weighted by Crippen LogP contribution is 2.42. The number of hydrogen-bond acceptors (Lipinski definition) is 7. The molecule has 2 aliphatic carbocycles. The van der Waals surface area contributed by atoms with Crippen LogP contribution in [0, 0.1) is 0 Å². The van der Waals surface area contributed by atoms with Gasteiger partial charge in [0.05, 0.1) is 42.5 Å². The van der Waals surface area contributed by atoms with Gasteiger partial charge in [-0.25, -0.2) is 4.98 Å². The van der Waals surface area contributed by atoms with Crippen molar-refractivity contribution in [2.75, 3.05) is 36.5 Å². The van der Waals surface area contributed by atoms with E-state index >= 15 is 0 Å². The summed E-state index contributed by atoms with van der Waals surface area (Å²) in [7, 11) is 0. The van der Waals surface area contributed by atoms with Gasteiger partial charge < -0.3 is 24.8 Å². The minimum Gasteiger partial charge on any atom is -0.486 e. The minimum atomic E-state index is -0.430. The number of aliphatic hydroxyl groups excluding tert-OH is 1. The molecule has 1 aromatic carbocycles. The number of aromatic nitrogens is 1. The van der Waals surface area contributed by atoms with Crippen molar-refractivity contribution in [1.82, 2.24) is 4.98 Å². The molecule has 28 heavy (non-hydrogen) atoms. The third kappa shape index (κ3) is 3.58. The molecule has 1 atom stereocenters. The highest BCUT2D eigenvalue weighted by molar-refractivity contribution is 7.15. The van der Waals surface area contributed by atoms with Crippen molar-refractivity contribution in [3.05, 3.63) is 28.8 Å². The number of benzene rings is 1. The average Bonchev–Trinajstić information content (AvgIpc) is 3.10. The lowest BCUT2D eigenvalue weighted by Crippen LogP contribution is -2.37. The summed E-state index contributed by atoms with van der Waals surface area (Å²) >= 11 is 1.65. The topological polar surface area (TPSA) is 66.9 Å². The number of hydrogen-bond donors (Lipinski definition) is 2. The fourth-order valence-corrected chi connectivity index (χ4v) is 5.09. The summed E-state index contributed by atoms with van der Waals surface area (Å²) in [4.78, 5) is 8.24. The number of aliphatic hydroxyl groups is 1. The summed E-state index contributed by atoms with van der Waals surface area (Å²) in [5.74, 6) is 0.919. The van der Waals surface area contributed by atoms with Crippen LogP contribution in [-0.2, 0) is 11.2 Å². The van der Waals surface area contributed by atoms with Gasteiger partial charge in [-0.15, -0.1) is 11.3 Å². The second-order valence-corrected chi connectivity index (χ2v) is 8.87. The molecule has 1 saturated heterocycles. The molecule has 150 valence electrons.